The number of hydrogen-bond acceptors (Lipinski definition) is 3. The van der Waals surface area contributed by atoms with Crippen molar-refractivity contribution in [2.45, 2.75) is 19.6 Å². The van der Waals surface area contributed by atoms with E-state index in [1.165, 1.54) is 10.3 Å². The van der Waals surface area contributed by atoms with Crippen molar-refractivity contribution in [3.8, 4) is 16.3 Å². The molecular weight excluding hydrogens is 466 g/mol. The Morgan fingerprint density at radius 2 is 1.69 bits per heavy atom. The first-order valence-electron chi connectivity index (χ1n) is 11.9. The van der Waals surface area contributed by atoms with Gasteiger partial charge in [-0.15, -0.1) is 11.3 Å². The fourth-order valence-electron chi connectivity index (χ4n) is 4.63. The third-order valence-corrected chi connectivity index (χ3v) is 7.27. The Bertz CT molecular complexity index is 1460. The predicted octanol–water partition coefficient (Wildman–Crippen LogP) is 6.83. The molecule has 5 rings (SSSR count). The molecule has 2 amide bonds. The van der Waals surface area contributed by atoms with E-state index in [4.69, 9.17) is 4.74 Å². The van der Waals surface area contributed by atoms with Crippen molar-refractivity contribution in [3.05, 3.63) is 113 Å². The number of nitrogens with one attached hydrogen (secondary N) is 1. The molecular formula is C30H29N3O2S. The first kappa shape index (κ1) is 23.7. The molecule has 0 fully saturated rings. The fraction of sp³-hybridized carbons (Fsp3) is 0.167. The third kappa shape index (κ3) is 4.99. The Hall–Kier alpha value is -4.03. The van der Waals surface area contributed by atoms with Gasteiger partial charge in [-0.1, -0.05) is 66.7 Å². The Balaban J connectivity index is 1.48. The van der Waals surface area contributed by atoms with E-state index in [-0.39, 0.29) is 6.03 Å². The summed E-state index contributed by atoms with van der Waals surface area (Å²) in [5.74, 6) is 0.777. The Morgan fingerprint density at radius 1 is 0.917 bits per heavy atom. The van der Waals surface area contributed by atoms with E-state index in [9.17, 15) is 4.79 Å². The van der Waals surface area contributed by atoms with Gasteiger partial charge in [-0.25, -0.2) is 4.79 Å². The molecule has 182 valence electrons. The van der Waals surface area contributed by atoms with Gasteiger partial charge in [0.05, 0.1) is 24.2 Å². The molecule has 0 aliphatic rings. The van der Waals surface area contributed by atoms with Crippen LogP contribution in [0, 0.1) is 0 Å². The number of urea groups is 1. The summed E-state index contributed by atoms with van der Waals surface area (Å²) in [5.41, 5.74) is 5.55. The zero-order valence-electron chi connectivity index (χ0n) is 20.5. The molecule has 0 radical (unpaired) electrons. The molecule has 0 spiro atoms. The van der Waals surface area contributed by atoms with Crippen LogP contribution in [-0.2, 0) is 26.7 Å². The smallest absolute Gasteiger partial charge is 0.318 e. The summed E-state index contributed by atoms with van der Waals surface area (Å²) < 4.78 is 7.58. The molecule has 1 N–H and O–H groups in total. The van der Waals surface area contributed by atoms with Gasteiger partial charge >= 0.3 is 6.03 Å². The van der Waals surface area contributed by atoms with Gasteiger partial charge in [0.2, 0.25) is 0 Å². The lowest BCUT2D eigenvalue weighted by Crippen LogP contribution is -2.38. The number of ether oxygens (including phenoxy) is 1. The van der Waals surface area contributed by atoms with Crippen LogP contribution in [-0.4, -0.2) is 22.6 Å². The van der Waals surface area contributed by atoms with Gasteiger partial charge in [-0.05, 0) is 40.8 Å². The number of carbonyl (C=O) groups excluding carboxylic acids is 1. The summed E-state index contributed by atoms with van der Waals surface area (Å²) in [6, 6.07) is 30.4. The number of methoxy groups -OCH3 is 1. The van der Waals surface area contributed by atoms with Gasteiger partial charge < -0.3 is 19.5 Å². The van der Waals surface area contributed by atoms with E-state index in [2.05, 4.69) is 70.8 Å². The minimum atomic E-state index is -0.105. The van der Waals surface area contributed by atoms with Gasteiger partial charge in [0.15, 0.2) is 0 Å². The van der Waals surface area contributed by atoms with Crippen LogP contribution in [0.3, 0.4) is 0 Å². The second-order valence-corrected chi connectivity index (χ2v) is 9.68. The predicted molar refractivity (Wildman–Crippen MR) is 147 cm³/mol. The maximum atomic E-state index is 13.6. The average molecular weight is 496 g/mol. The highest BCUT2D eigenvalue weighted by molar-refractivity contribution is 7.13. The first-order chi connectivity index (χ1) is 17.6. The maximum Gasteiger partial charge on any atom is 0.318 e. The summed E-state index contributed by atoms with van der Waals surface area (Å²) in [5, 5.41) is 6.39. The van der Waals surface area contributed by atoms with E-state index in [0.29, 0.717) is 19.6 Å². The van der Waals surface area contributed by atoms with Crippen LogP contribution >= 0.6 is 11.3 Å². The number of para-hydroxylation sites is 1. The number of carbonyl (C=O) groups is 1. The van der Waals surface area contributed by atoms with Crippen molar-refractivity contribution in [1.29, 1.82) is 0 Å². The van der Waals surface area contributed by atoms with E-state index in [0.717, 1.165) is 33.7 Å². The van der Waals surface area contributed by atoms with Crippen LogP contribution in [0.15, 0.2) is 96.4 Å². The third-order valence-electron chi connectivity index (χ3n) is 6.40. The lowest BCUT2D eigenvalue weighted by atomic mass is 10.1. The molecule has 5 aromatic rings. The van der Waals surface area contributed by atoms with Gasteiger partial charge in [0.1, 0.15) is 5.75 Å². The molecule has 0 bridgehead atoms. The molecule has 36 heavy (non-hydrogen) atoms. The van der Waals surface area contributed by atoms with Crippen molar-refractivity contribution in [2.75, 3.05) is 7.11 Å². The Labute approximate surface area is 215 Å². The standard InChI is InChI=1S/C30H29N3O2S/c1-32-27-15-7-6-14-25(27)26(29(32)28-16-9-17-36-28)21-33(20-22-10-4-3-5-11-22)30(34)31-19-23-12-8-13-24(18-23)35-2/h3-18H,19-21H2,1-2H3,(H,31,34). The average Bonchev–Trinajstić information content (AvgIpc) is 3.54. The molecule has 0 aliphatic heterocycles. The quantitative estimate of drug-likeness (QED) is 0.257. The van der Waals surface area contributed by atoms with Gasteiger partial charge in [0.25, 0.3) is 0 Å². The molecule has 0 unspecified atom stereocenters. The van der Waals surface area contributed by atoms with Crippen molar-refractivity contribution < 1.29 is 9.53 Å². The topological polar surface area (TPSA) is 46.5 Å². The van der Waals surface area contributed by atoms with Crippen molar-refractivity contribution in [1.82, 2.24) is 14.8 Å². The fourth-order valence-corrected chi connectivity index (χ4v) is 5.46. The summed E-state index contributed by atoms with van der Waals surface area (Å²) in [7, 11) is 3.75. The zero-order chi connectivity index (χ0) is 24.9. The van der Waals surface area contributed by atoms with Crippen molar-refractivity contribution >= 4 is 28.3 Å². The molecule has 0 saturated carbocycles. The maximum absolute atomic E-state index is 13.6. The van der Waals surface area contributed by atoms with Crippen LogP contribution in [0.5, 0.6) is 5.75 Å². The van der Waals surface area contributed by atoms with E-state index in [1.54, 1.807) is 18.4 Å². The minimum Gasteiger partial charge on any atom is -0.497 e. The molecule has 5 nitrogen and oxygen atoms in total. The molecule has 2 aromatic heterocycles. The van der Waals surface area contributed by atoms with Crippen LogP contribution in [0.1, 0.15) is 16.7 Å². The number of hydrogen-bond donors (Lipinski definition) is 1. The summed E-state index contributed by atoms with van der Waals surface area (Å²) >= 11 is 1.72. The number of benzene rings is 3. The Kier molecular flexibility index (Phi) is 7.05. The zero-order valence-corrected chi connectivity index (χ0v) is 21.3. The van der Waals surface area contributed by atoms with Gasteiger partial charge in [0, 0.05) is 36.6 Å². The number of amides is 2. The van der Waals surface area contributed by atoms with Crippen LogP contribution in [0.4, 0.5) is 4.79 Å². The monoisotopic (exact) mass is 495 g/mol. The SMILES string of the molecule is COc1cccc(CNC(=O)N(Cc2ccccc2)Cc2c(-c3cccs3)n(C)c3ccccc23)c1. The van der Waals surface area contributed by atoms with E-state index in [1.807, 2.05) is 47.4 Å². The summed E-state index contributed by atoms with van der Waals surface area (Å²) in [4.78, 5) is 16.7. The lowest BCUT2D eigenvalue weighted by molar-refractivity contribution is 0.192. The van der Waals surface area contributed by atoms with Crippen LogP contribution < -0.4 is 10.1 Å². The highest BCUT2D eigenvalue weighted by Crippen LogP contribution is 2.36. The molecule has 0 aliphatic carbocycles. The molecule has 2 heterocycles. The number of thiophene rings is 1. The number of aryl methyl sites for hydroxylation is 1. The van der Waals surface area contributed by atoms with Crippen molar-refractivity contribution in [3.63, 3.8) is 0 Å². The number of fused-ring (bicyclic) bond motifs is 1. The second kappa shape index (κ2) is 10.7. The normalized spacial score (nSPS) is 10.9. The largest absolute Gasteiger partial charge is 0.497 e. The minimum absolute atomic E-state index is 0.105. The highest BCUT2D eigenvalue weighted by Gasteiger charge is 2.22. The van der Waals surface area contributed by atoms with Crippen molar-refractivity contribution in [2.24, 2.45) is 7.05 Å². The summed E-state index contributed by atoms with van der Waals surface area (Å²) in [6.07, 6.45) is 0. The van der Waals surface area contributed by atoms with Gasteiger partial charge in [-0.3, -0.25) is 0 Å². The molecule has 0 saturated heterocycles. The molecule has 0 atom stereocenters. The highest BCUT2D eigenvalue weighted by atomic mass is 32.1. The second-order valence-electron chi connectivity index (χ2n) is 8.73. The first-order valence-corrected chi connectivity index (χ1v) is 12.8. The van der Waals surface area contributed by atoms with Gasteiger partial charge in [-0.2, -0.15) is 0 Å². The number of aromatic nitrogens is 1. The Morgan fingerprint density at radius 3 is 2.47 bits per heavy atom. The van der Waals surface area contributed by atoms with Crippen LogP contribution in [0.25, 0.3) is 21.5 Å². The van der Waals surface area contributed by atoms with E-state index < -0.39 is 0 Å². The molecule has 3 aromatic carbocycles. The molecule has 6 heteroatoms. The van der Waals surface area contributed by atoms with E-state index >= 15 is 0 Å². The summed E-state index contributed by atoms with van der Waals surface area (Å²) in [6.45, 7) is 1.43. The number of nitrogens with zero attached hydrogens (tertiary/aromatic N) is 2. The van der Waals surface area contributed by atoms with Crippen LogP contribution in [0.2, 0.25) is 0 Å². The number of rotatable bonds is 8. The lowest BCUT2D eigenvalue weighted by Gasteiger charge is -2.24.